The molecular formula is C19H17BrF4N2O3. The molecule has 1 saturated heterocycles. The molecule has 0 aliphatic carbocycles. The first kappa shape index (κ1) is 21.7. The van der Waals surface area contributed by atoms with Crippen molar-refractivity contribution in [1.29, 1.82) is 0 Å². The zero-order valence-electron chi connectivity index (χ0n) is 15.1. The van der Waals surface area contributed by atoms with Gasteiger partial charge in [0.15, 0.2) is 4.32 Å². The molecule has 1 fully saturated rings. The number of aliphatic hydroxyl groups is 1. The van der Waals surface area contributed by atoms with Crippen LogP contribution in [0.15, 0.2) is 36.4 Å². The summed E-state index contributed by atoms with van der Waals surface area (Å²) >= 11 is 3.12. The van der Waals surface area contributed by atoms with Gasteiger partial charge in [-0.3, -0.25) is 15.0 Å². The van der Waals surface area contributed by atoms with Gasteiger partial charge in [-0.15, -0.1) is 0 Å². The molecule has 2 aromatic carbocycles. The van der Waals surface area contributed by atoms with E-state index in [0.29, 0.717) is 6.07 Å². The second kappa shape index (κ2) is 8.39. The summed E-state index contributed by atoms with van der Waals surface area (Å²) in [6.45, 7) is 0.350. The minimum atomic E-state index is -1.80. The molecular weight excluding hydrogens is 460 g/mol. The number of aliphatic hydroxyl groups excluding tert-OH is 1. The number of ether oxygens (including phenoxy) is 1. The number of hydrogen-bond acceptors (Lipinski definition) is 4. The fourth-order valence-electron chi connectivity index (χ4n) is 3.07. The summed E-state index contributed by atoms with van der Waals surface area (Å²) in [7, 11) is 0. The van der Waals surface area contributed by atoms with Crippen LogP contribution in [-0.2, 0) is 16.1 Å². The number of nitrogens with zero attached hydrogens (tertiary/aromatic N) is 1. The van der Waals surface area contributed by atoms with E-state index >= 15 is 0 Å². The Kier molecular flexibility index (Phi) is 6.27. The Morgan fingerprint density at radius 1 is 1.17 bits per heavy atom. The topological polar surface area (TPSA) is 61.8 Å². The van der Waals surface area contributed by atoms with Crippen molar-refractivity contribution in [3.63, 3.8) is 0 Å². The summed E-state index contributed by atoms with van der Waals surface area (Å²) in [4.78, 5) is 13.9. The number of carbonyl (C=O) groups excluding carboxylic acids is 1. The Morgan fingerprint density at radius 3 is 2.41 bits per heavy atom. The molecule has 0 bridgehead atoms. The van der Waals surface area contributed by atoms with Crippen LogP contribution in [-0.4, -0.2) is 34.3 Å². The van der Waals surface area contributed by atoms with Crippen molar-refractivity contribution in [2.75, 3.05) is 11.5 Å². The summed E-state index contributed by atoms with van der Waals surface area (Å²) in [5.41, 5.74) is -0.540. The van der Waals surface area contributed by atoms with Crippen LogP contribution in [0, 0.1) is 23.3 Å². The second-order valence-corrected chi connectivity index (χ2v) is 7.95. The molecule has 156 valence electrons. The van der Waals surface area contributed by atoms with E-state index in [4.69, 9.17) is 4.74 Å². The van der Waals surface area contributed by atoms with Crippen molar-refractivity contribution >= 4 is 27.5 Å². The maximum atomic E-state index is 14.2. The fourth-order valence-corrected chi connectivity index (χ4v) is 3.53. The molecule has 1 aliphatic rings. The highest BCUT2D eigenvalue weighted by molar-refractivity contribution is 9.10. The van der Waals surface area contributed by atoms with Crippen molar-refractivity contribution in [2.45, 2.75) is 30.2 Å². The number of hydrogen-bond donors (Lipinski definition) is 2. The normalized spacial score (nSPS) is 24.8. The number of halogens is 5. The molecule has 2 aromatic rings. The van der Waals surface area contributed by atoms with Crippen molar-refractivity contribution in [3.05, 3.63) is 65.2 Å². The zero-order chi connectivity index (χ0) is 21.3. The van der Waals surface area contributed by atoms with Gasteiger partial charge < -0.3 is 9.84 Å². The summed E-state index contributed by atoms with van der Waals surface area (Å²) in [5.74, 6) is -4.34. The third kappa shape index (κ3) is 4.02. The van der Waals surface area contributed by atoms with Crippen molar-refractivity contribution in [3.8, 4) is 0 Å². The molecule has 0 aromatic heterocycles. The molecule has 10 heteroatoms. The minimum Gasteiger partial charge on any atom is -0.394 e. The van der Waals surface area contributed by atoms with E-state index in [0.717, 1.165) is 29.2 Å². The number of benzene rings is 2. The monoisotopic (exact) mass is 476 g/mol. The summed E-state index contributed by atoms with van der Waals surface area (Å²) < 4.78 is 59.1. The van der Waals surface area contributed by atoms with Crippen LogP contribution in [0.5, 0.6) is 0 Å². The Bertz CT molecular complexity index is 912. The van der Waals surface area contributed by atoms with Gasteiger partial charge >= 0.3 is 0 Å². The lowest BCUT2D eigenvalue weighted by Gasteiger charge is -2.46. The van der Waals surface area contributed by atoms with E-state index in [1.54, 1.807) is 0 Å². The van der Waals surface area contributed by atoms with E-state index in [-0.39, 0.29) is 12.2 Å². The molecule has 0 saturated carbocycles. The summed E-state index contributed by atoms with van der Waals surface area (Å²) in [6.07, 6.45) is -2.10. The maximum Gasteiger partial charge on any atom is 0.251 e. The maximum absolute atomic E-state index is 14.2. The molecule has 0 radical (unpaired) electrons. The molecule has 3 unspecified atom stereocenters. The number of amides is 1. The molecule has 2 N–H and O–H groups in total. The fraction of sp³-hybridized carbons (Fsp3) is 0.316. The van der Waals surface area contributed by atoms with Gasteiger partial charge in [0.2, 0.25) is 0 Å². The minimum absolute atomic E-state index is 0.0312. The number of carbonyl (C=O) groups is 1. The highest BCUT2D eigenvalue weighted by Crippen LogP contribution is 2.36. The van der Waals surface area contributed by atoms with Gasteiger partial charge in [0.1, 0.15) is 35.2 Å². The highest BCUT2D eigenvalue weighted by atomic mass is 79.9. The quantitative estimate of drug-likeness (QED) is 0.513. The molecule has 29 heavy (non-hydrogen) atoms. The zero-order valence-corrected chi connectivity index (χ0v) is 16.7. The summed E-state index contributed by atoms with van der Waals surface area (Å²) in [5, 5.41) is 12.7. The lowest BCUT2D eigenvalue weighted by molar-refractivity contribution is -0.134. The molecule has 3 rings (SSSR count). The van der Waals surface area contributed by atoms with Crippen LogP contribution < -0.4 is 10.2 Å². The van der Waals surface area contributed by atoms with Crippen molar-refractivity contribution in [1.82, 2.24) is 5.32 Å². The van der Waals surface area contributed by atoms with E-state index < -0.39 is 58.2 Å². The van der Waals surface area contributed by atoms with Crippen LogP contribution in [0.1, 0.15) is 12.5 Å². The van der Waals surface area contributed by atoms with Crippen molar-refractivity contribution < 1.29 is 32.2 Å². The largest absolute Gasteiger partial charge is 0.394 e. The number of anilines is 1. The number of rotatable bonds is 5. The molecule has 3 atom stereocenters. The first-order valence-corrected chi connectivity index (χ1v) is 9.37. The van der Waals surface area contributed by atoms with Gasteiger partial charge in [0.25, 0.3) is 5.91 Å². The van der Waals surface area contributed by atoms with Gasteiger partial charge in [-0.1, -0.05) is 28.1 Å². The number of nitrogens with one attached hydrogen (secondary N) is 1. The van der Waals surface area contributed by atoms with Crippen LogP contribution in [0.3, 0.4) is 0 Å². The predicted octanol–water partition coefficient (Wildman–Crippen LogP) is 3.19. The van der Waals surface area contributed by atoms with Gasteiger partial charge in [-0.05, 0) is 25.1 Å². The standard InChI is InChI=1S/C19H17BrF4N2O3/c1-10-25-17(29-8-11-5-6-12(21)7-15(11)24)19(20,9-27)18(28)26(10)16-13(22)3-2-4-14(16)23/h2-7,10,17,25,27H,8-9H2,1H3. The lowest BCUT2D eigenvalue weighted by Crippen LogP contribution is -2.71. The predicted molar refractivity (Wildman–Crippen MR) is 100 cm³/mol. The molecule has 5 nitrogen and oxygen atoms in total. The first-order chi connectivity index (χ1) is 13.7. The van der Waals surface area contributed by atoms with Crippen LogP contribution >= 0.6 is 15.9 Å². The SMILES string of the molecule is CC1NC(OCc2ccc(F)cc2F)C(Br)(CO)C(=O)N1c1c(F)cccc1F. The molecule has 0 spiro atoms. The third-order valence-corrected chi connectivity index (χ3v) is 5.60. The van der Waals surface area contributed by atoms with Gasteiger partial charge in [0, 0.05) is 11.6 Å². The third-order valence-electron chi connectivity index (χ3n) is 4.60. The molecule has 1 heterocycles. The average Bonchev–Trinajstić information content (AvgIpc) is 2.67. The Balaban J connectivity index is 1.88. The van der Waals surface area contributed by atoms with Crippen LogP contribution in [0.4, 0.5) is 23.2 Å². The van der Waals surface area contributed by atoms with Crippen LogP contribution in [0.2, 0.25) is 0 Å². The Hall–Kier alpha value is -2.01. The lowest BCUT2D eigenvalue weighted by atomic mass is 10.0. The smallest absolute Gasteiger partial charge is 0.251 e. The highest BCUT2D eigenvalue weighted by Gasteiger charge is 2.53. The van der Waals surface area contributed by atoms with E-state index in [9.17, 15) is 27.5 Å². The van der Waals surface area contributed by atoms with E-state index in [2.05, 4.69) is 21.2 Å². The number of alkyl halides is 1. The van der Waals surface area contributed by atoms with E-state index in [1.165, 1.54) is 13.0 Å². The van der Waals surface area contributed by atoms with Gasteiger partial charge in [-0.2, -0.15) is 0 Å². The van der Waals surface area contributed by atoms with E-state index in [1.807, 2.05) is 0 Å². The second-order valence-electron chi connectivity index (χ2n) is 6.54. The Morgan fingerprint density at radius 2 is 1.83 bits per heavy atom. The molecule has 1 amide bonds. The van der Waals surface area contributed by atoms with Gasteiger partial charge in [-0.25, -0.2) is 17.6 Å². The van der Waals surface area contributed by atoms with Gasteiger partial charge in [0.05, 0.1) is 19.4 Å². The first-order valence-electron chi connectivity index (χ1n) is 8.58. The summed E-state index contributed by atoms with van der Waals surface area (Å²) in [6, 6.07) is 6.11. The average molecular weight is 477 g/mol. The van der Waals surface area contributed by atoms with Crippen LogP contribution in [0.25, 0.3) is 0 Å². The van der Waals surface area contributed by atoms with Crippen molar-refractivity contribution in [2.24, 2.45) is 0 Å². The molecule has 1 aliphatic heterocycles. The Labute approximate surface area is 172 Å². The number of para-hydroxylation sites is 1.